The highest BCUT2D eigenvalue weighted by molar-refractivity contribution is 6.32. The molecule has 0 radical (unpaired) electrons. The quantitative estimate of drug-likeness (QED) is 0.541. The van der Waals surface area contributed by atoms with Crippen molar-refractivity contribution in [1.82, 2.24) is 25.3 Å². The lowest BCUT2D eigenvalue weighted by atomic mass is 10.0. The number of ether oxygens (including phenoxy) is 1. The molecule has 2 aromatic heterocycles. The molecule has 3 amide bonds. The second-order valence-electron chi connectivity index (χ2n) is 8.15. The Morgan fingerprint density at radius 1 is 1.39 bits per heavy atom. The zero-order valence-electron chi connectivity index (χ0n) is 18.8. The van der Waals surface area contributed by atoms with E-state index in [1.165, 1.54) is 6.26 Å². The predicted molar refractivity (Wildman–Crippen MR) is 124 cm³/mol. The fourth-order valence-corrected chi connectivity index (χ4v) is 4.42. The van der Waals surface area contributed by atoms with Crippen LogP contribution in [0.5, 0.6) is 5.75 Å². The Morgan fingerprint density at radius 2 is 2.24 bits per heavy atom. The number of aromatic amines is 1. The van der Waals surface area contributed by atoms with Crippen LogP contribution in [0.4, 0.5) is 4.79 Å². The lowest BCUT2D eigenvalue weighted by molar-refractivity contribution is -0.130. The molecule has 1 aliphatic rings. The molecular weight excluding hydrogens is 446 g/mol. The monoisotopic (exact) mass is 473 g/mol. The molecule has 0 bridgehead atoms. The van der Waals surface area contributed by atoms with E-state index in [0.717, 1.165) is 36.0 Å². The van der Waals surface area contributed by atoms with E-state index in [1.807, 2.05) is 34.9 Å². The van der Waals surface area contributed by atoms with Crippen molar-refractivity contribution in [3.8, 4) is 5.75 Å². The number of nitrogens with zero attached hydrogens (tertiary/aromatic N) is 3. The zero-order valence-corrected chi connectivity index (χ0v) is 19.5. The van der Waals surface area contributed by atoms with Crippen LogP contribution >= 0.6 is 11.6 Å². The molecule has 3 heterocycles. The number of benzene rings is 1. The number of hydrogen-bond donors (Lipinski definition) is 2. The first kappa shape index (κ1) is 23.0. The Kier molecular flexibility index (Phi) is 7.08. The van der Waals surface area contributed by atoms with Gasteiger partial charge in [-0.3, -0.25) is 4.79 Å². The van der Waals surface area contributed by atoms with Crippen molar-refractivity contribution >= 4 is 34.4 Å². The molecule has 0 spiro atoms. The van der Waals surface area contributed by atoms with Gasteiger partial charge in [0.15, 0.2) is 0 Å². The second kappa shape index (κ2) is 10.2. The van der Waals surface area contributed by atoms with Gasteiger partial charge in [0.1, 0.15) is 24.3 Å². The number of halogens is 1. The summed E-state index contributed by atoms with van der Waals surface area (Å²) in [5, 5.41) is 8.23. The van der Waals surface area contributed by atoms with Crippen LogP contribution in [0.15, 0.2) is 35.1 Å². The predicted octanol–water partition coefficient (Wildman–Crippen LogP) is 3.93. The number of likely N-dealkylation sites (N-methyl/N-ethyl adjacent to an activating group) is 1. The number of carbonyl (C=O) groups excluding carboxylic acids is 2. The zero-order chi connectivity index (χ0) is 23.4. The summed E-state index contributed by atoms with van der Waals surface area (Å²) in [5.74, 6) is 0.589. The van der Waals surface area contributed by atoms with E-state index in [4.69, 9.17) is 20.9 Å². The number of aromatic nitrogens is 2. The van der Waals surface area contributed by atoms with E-state index in [2.05, 4.69) is 15.5 Å². The van der Waals surface area contributed by atoms with Crippen LogP contribution in [0.25, 0.3) is 10.9 Å². The Bertz CT molecular complexity index is 1110. The van der Waals surface area contributed by atoms with Gasteiger partial charge in [-0.2, -0.15) is 0 Å². The Morgan fingerprint density at radius 3 is 2.97 bits per heavy atom. The number of hydrogen-bond acceptors (Lipinski definition) is 5. The third-order valence-electron chi connectivity index (χ3n) is 5.91. The molecular formula is C23H28ClN5O4. The number of piperidine rings is 1. The molecule has 2 N–H and O–H groups in total. The van der Waals surface area contributed by atoms with Crippen molar-refractivity contribution in [3.63, 3.8) is 0 Å². The highest BCUT2D eigenvalue weighted by atomic mass is 35.5. The molecule has 1 aromatic carbocycles. The Hall–Kier alpha value is -3.20. The Labute approximate surface area is 197 Å². The average molecular weight is 474 g/mol. The largest absolute Gasteiger partial charge is 0.486 e. The van der Waals surface area contributed by atoms with Crippen LogP contribution in [0.2, 0.25) is 5.02 Å². The molecule has 9 nitrogen and oxygen atoms in total. The molecule has 176 valence electrons. The number of urea groups is 1. The summed E-state index contributed by atoms with van der Waals surface area (Å²) in [7, 11) is 0. The summed E-state index contributed by atoms with van der Waals surface area (Å²) < 4.78 is 10.6. The molecule has 10 heteroatoms. The van der Waals surface area contributed by atoms with Gasteiger partial charge in [0.2, 0.25) is 5.91 Å². The van der Waals surface area contributed by atoms with Gasteiger partial charge in [0.25, 0.3) is 0 Å². The minimum absolute atomic E-state index is 0.0265. The summed E-state index contributed by atoms with van der Waals surface area (Å²) in [6.07, 6.45) is 3.28. The number of carbonyl (C=O) groups is 2. The van der Waals surface area contributed by atoms with Crippen molar-refractivity contribution in [2.75, 3.05) is 19.6 Å². The van der Waals surface area contributed by atoms with E-state index >= 15 is 0 Å². The molecule has 0 saturated carbocycles. The molecule has 1 fully saturated rings. The molecule has 3 aromatic rings. The number of fused-ring (bicyclic) bond motifs is 1. The van der Waals surface area contributed by atoms with Crippen LogP contribution in [0.1, 0.15) is 38.1 Å². The summed E-state index contributed by atoms with van der Waals surface area (Å²) in [4.78, 5) is 31.6. The van der Waals surface area contributed by atoms with Gasteiger partial charge >= 0.3 is 6.03 Å². The van der Waals surface area contributed by atoms with Crippen LogP contribution < -0.4 is 10.1 Å². The molecule has 33 heavy (non-hydrogen) atoms. The summed E-state index contributed by atoms with van der Waals surface area (Å²) >= 11 is 6.37. The summed E-state index contributed by atoms with van der Waals surface area (Å²) in [6.45, 7) is 6.05. The topological polar surface area (TPSA) is 104 Å². The number of nitrogens with one attached hydrogen (secondary N) is 2. The van der Waals surface area contributed by atoms with E-state index in [0.29, 0.717) is 36.1 Å². The first-order valence-electron chi connectivity index (χ1n) is 11.1. The fourth-order valence-electron chi connectivity index (χ4n) is 4.20. The Balaban J connectivity index is 1.38. The van der Waals surface area contributed by atoms with Gasteiger partial charge in [-0.1, -0.05) is 16.8 Å². The minimum Gasteiger partial charge on any atom is -0.486 e. The highest BCUT2D eigenvalue weighted by Crippen LogP contribution is 2.31. The minimum atomic E-state index is -0.138. The lowest BCUT2D eigenvalue weighted by Crippen LogP contribution is -2.53. The van der Waals surface area contributed by atoms with Gasteiger partial charge in [0, 0.05) is 55.3 Å². The molecule has 1 saturated heterocycles. The maximum absolute atomic E-state index is 12.9. The van der Waals surface area contributed by atoms with Crippen molar-refractivity contribution < 1.29 is 18.8 Å². The lowest BCUT2D eigenvalue weighted by Gasteiger charge is -2.38. The smallest absolute Gasteiger partial charge is 0.318 e. The number of amides is 3. The number of likely N-dealkylation sites (tertiary alicyclic amines) is 1. The van der Waals surface area contributed by atoms with Gasteiger partial charge in [-0.05, 0) is 31.9 Å². The summed E-state index contributed by atoms with van der Waals surface area (Å²) in [5.41, 5.74) is 2.38. The van der Waals surface area contributed by atoms with Crippen molar-refractivity contribution in [2.45, 2.75) is 45.9 Å². The van der Waals surface area contributed by atoms with Gasteiger partial charge in [0.05, 0.1) is 17.6 Å². The fraction of sp³-hybridized carbons (Fsp3) is 0.435. The number of H-pyrrole nitrogens is 1. The maximum atomic E-state index is 12.9. The van der Waals surface area contributed by atoms with Gasteiger partial charge < -0.3 is 29.4 Å². The summed E-state index contributed by atoms with van der Waals surface area (Å²) in [6, 6.07) is 7.23. The van der Waals surface area contributed by atoms with Crippen LogP contribution in [0.3, 0.4) is 0 Å². The van der Waals surface area contributed by atoms with Crippen LogP contribution in [-0.2, 0) is 17.9 Å². The first-order chi connectivity index (χ1) is 15.9. The van der Waals surface area contributed by atoms with E-state index in [-0.39, 0.29) is 24.6 Å². The van der Waals surface area contributed by atoms with E-state index in [9.17, 15) is 9.59 Å². The SMILES string of the molecule is CCN(C(=O)NCc1cc2cc(Cl)c(OCc3ccon3)cc2[nH]1)C1CCCN(C(C)=O)C1. The van der Waals surface area contributed by atoms with Gasteiger partial charge in [-0.15, -0.1) is 0 Å². The van der Waals surface area contributed by atoms with Crippen LogP contribution in [0, 0.1) is 0 Å². The second-order valence-corrected chi connectivity index (χ2v) is 8.56. The van der Waals surface area contributed by atoms with Crippen molar-refractivity contribution in [3.05, 3.63) is 46.9 Å². The van der Waals surface area contributed by atoms with Gasteiger partial charge in [-0.25, -0.2) is 4.79 Å². The molecule has 1 atom stereocenters. The van der Waals surface area contributed by atoms with E-state index in [1.54, 1.807) is 13.0 Å². The molecule has 0 aliphatic carbocycles. The molecule has 1 unspecified atom stereocenters. The highest BCUT2D eigenvalue weighted by Gasteiger charge is 2.28. The normalized spacial score (nSPS) is 16.1. The third-order valence-corrected chi connectivity index (χ3v) is 6.21. The number of rotatable bonds is 7. The molecule has 4 rings (SSSR count). The van der Waals surface area contributed by atoms with E-state index < -0.39 is 0 Å². The molecule has 1 aliphatic heterocycles. The van der Waals surface area contributed by atoms with Crippen LogP contribution in [-0.4, -0.2) is 57.6 Å². The average Bonchev–Trinajstić information content (AvgIpc) is 3.46. The first-order valence-corrected chi connectivity index (χ1v) is 11.5. The standard InChI is InChI=1S/C23H28ClN5O4/c1-3-29(19-5-4-7-28(13-19)15(2)30)23(31)25-12-18-9-16-10-20(24)22(11-21(16)26-18)32-14-17-6-8-33-27-17/h6,8-11,19,26H,3-5,7,12-14H2,1-2H3,(H,25,31). The maximum Gasteiger partial charge on any atom is 0.318 e. The van der Waals surface area contributed by atoms with Crippen molar-refractivity contribution in [1.29, 1.82) is 0 Å². The third kappa shape index (κ3) is 5.42. The van der Waals surface area contributed by atoms with Crippen molar-refractivity contribution in [2.24, 2.45) is 0 Å².